The second-order valence-corrected chi connectivity index (χ2v) is 4.73. The highest BCUT2D eigenvalue weighted by Gasteiger charge is 2.25. The van der Waals surface area contributed by atoms with E-state index in [-0.39, 0.29) is 24.4 Å². The molecule has 0 fully saturated rings. The zero-order chi connectivity index (χ0) is 13.8. The van der Waals surface area contributed by atoms with Crippen molar-refractivity contribution in [3.05, 3.63) is 24.3 Å². The fourth-order valence-electron chi connectivity index (χ4n) is 2.01. The van der Waals surface area contributed by atoms with E-state index in [1.54, 1.807) is 11.9 Å². The molecular formula is C14H21ClN2O3. The van der Waals surface area contributed by atoms with E-state index < -0.39 is 6.04 Å². The quantitative estimate of drug-likeness (QED) is 0.914. The summed E-state index contributed by atoms with van der Waals surface area (Å²) in [6.45, 7) is 2.81. The van der Waals surface area contributed by atoms with Crippen molar-refractivity contribution in [2.75, 3.05) is 20.2 Å². The largest absolute Gasteiger partial charge is 0.486 e. The van der Waals surface area contributed by atoms with Crippen molar-refractivity contribution in [3.63, 3.8) is 0 Å². The number of nitrogens with two attached hydrogens (primary N) is 1. The third-order valence-electron chi connectivity index (χ3n) is 3.18. The van der Waals surface area contributed by atoms with Gasteiger partial charge in [0, 0.05) is 7.05 Å². The number of fused-ring (bicyclic) bond motifs is 1. The summed E-state index contributed by atoms with van der Waals surface area (Å²) < 4.78 is 11.4. The van der Waals surface area contributed by atoms with Crippen molar-refractivity contribution >= 4 is 18.3 Å². The van der Waals surface area contributed by atoms with Gasteiger partial charge in [0.1, 0.15) is 6.61 Å². The Balaban J connectivity index is 0.00000200. The summed E-state index contributed by atoms with van der Waals surface area (Å²) >= 11 is 0. The summed E-state index contributed by atoms with van der Waals surface area (Å²) in [4.78, 5) is 13.5. The number of rotatable bonds is 4. The lowest BCUT2D eigenvalue weighted by Gasteiger charge is -2.30. The van der Waals surface area contributed by atoms with Gasteiger partial charge in [-0.2, -0.15) is 0 Å². The Morgan fingerprint density at radius 3 is 2.75 bits per heavy atom. The minimum absolute atomic E-state index is 0. The van der Waals surface area contributed by atoms with Crippen molar-refractivity contribution in [2.24, 2.45) is 5.73 Å². The summed E-state index contributed by atoms with van der Waals surface area (Å²) in [6.07, 6.45) is 0.474. The number of halogens is 1. The molecule has 0 bridgehead atoms. The molecule has 1 aliphatic heterocycles. The van der Waals surface area contributed by atoms with Crippen LogP contribution in [0.15, 0.2) is 24.3 Å². The number of carbonyl (C=O) groups is 1. The third-order valence-corrected chi connectivity index (χ3v) is 3.18. The molecular weight excluding hydrogens is 280 g/mol. The van der Waals surface area contributed by atoms with Gasteiger partial charge in [-0.25, -0.2) is 0 Å². The van der Waals surface area contributed by atoms with E-state index in [1.807, 2.05) is 31.2 Å². The van der Waals surface area contributed by atoms with E-state index in [4.69, 9.17) is 15.2 Å². The maximum Gasteiger partial charge on any atom is 0.239 e. The zero-order valence-corrected chi connectivity index (χ0v) is 12.6. The van der Waals surface area contributed by atoms with Crippen LogP contribution in [0.4, 0.5) is 0 Å². The third kappa shape index (κ3) is 3.77. The topological polar surface area (TPSA) is 64.8 Å². The monoisotopic (exact) mass is 300 g/mol. The van der Waals surface area contributed by atoms with Gasteiger partial charge in [-0.1, -0.05) is 19.1 Å². The molecule has 0 aliphatic carbocycles. The lowest BCUT2D eigenvalue weighted by molar-refractivity contribution is -0.132. The van der Waals surface area contributed by atoms with Crippen LogP contribution in [-0.4, -0.2) is 43.2 Å². The van der Waals surface area contributed by atoms with Crippen molar-refractivity contribution < 1.29 is 14.3 Å². The number of amides is 1. The van der Waals surface area contributed by atoms with E-state index in [0.29, 0.717) is 19.6 Å². The predicted octanol–water partition coefficient (Wildman–Crippen LogP) is 1.44. The highest BCUT2D eigenvalue weighted by molar-refractivity contribution is 5.85. The molecule has 1 aromatic rings. The van der Waals surface area contributed by atoms with Crippen LogP contribution in [0.3, 0.4) is 0 Å². The van der Waals surface area contributed by atoms with Gasteiger partial charge in [0.2, 0.25) is 5.91 Å². The van der Waals surface area contributed by atoms with Gasteiger partial charge in [-0.15, -0.1) is 12.4 Å². The molecule has 5 nitrogen and oxygen atoms in total. The van der Waals surface area contributed by atoms with Crippen molar-refractivity contribution in [1.82, 2.24) is 4.90 Å². The average Bonchev–Trinajstić information content (AvgIpc) is 2.45. The second kappa shape index (κ2) is 7.36. The first-order valence-corrected chi connectivity index (χ1v) is 6.51. The summed E-state index contributed by atoms with van der Waals surface area (Å²) in [5, 5.41) is 0. The Morgan fingerprint density at radius 1 is 1.45 bits per heavy atom. The summed E-state index contributed by atoms with van der Waals surface area (Å²) in [5.74, 6) is 1.40. The molecule has 0 aromatic heterocycles. The molecule has 2 atom stereocenters. The molecule has 0 spiro atoms. The molecule has 0 saturated carbocycles. The van der Waals surface area contributed by atoms with E-state index in [1.165, 1.54) is 0 Å². The normalized spacial score (nSPS) is 17.9. The fourth-order valence-corrected chi connectivity index (χ4v) is 2.01. The minimum atomic E-state index is -0.443. The van der Waals surface area contributed by atoms with Crippen molar-refractivity contribution in [2.45, 2.75) is 25.5 Å². The highest BCUT2D eigenvalue weighted by atomic mass is 35.5. The number of benzene rings is 1. The number of para-hydroxylation sites is 2. The van der Waals surface area contributed by atoms with Crippen LogP contribution in [0.25, 0.3) is 0 Å². The van der Waals surface area contributed by atoms with Crippen LogP contribution >= 0.6 is 12.4 Å². The highest BCUT2D eigenvalue weighted by Crippen LogP contribution is 2.30. The van der Waals surface area contributed by atoms with E-state index in [2.05, 4.69) is 0 Å². The van der Waals surface area contributed by atoms with E-state index in [9.17, 15) is 4.79 Å². The molecule has 0 saturated heterocycles. The van der Waals surface area contributed by atoms with Crippen LogP contribution < -0.4 is 15.2 Å². The lowest BCUT2D eigenvalue weighted by Crippen LogP contribution is -2.47. The summed E-state index contributed by atoms with van der Waals surface area (Å²) in [5.41, 5.74) is 5.74. The number of carbonyl (C=O) groups excluding carboxylic acids is 1. The molecule has 20 heavy (non-hydrogen) atoms. The van der Waals surface area contributed by atoms with Crippen LogP contribution in [0, 0.1) is 0 Å². The molecule has 2 N–H and O–H groups in total. The molecule has 1 amide bonds. The summed E-state index contributed by atoms with van der Waals surface area (Å²) in [6, 6.07) is 7.08. The molecule has 1 aromatic carbocycles. The molecule has 2 rings (SSSR count). The Bertz CT molecular complexity index is 456. The average molecular weight is 301 g/mol. The van der Waals surface area contributed by atoms with Gasteiger partial charge in [0.25, 0.3) is 0 Å². The number of hydrogen-bond acceptors (Lipinski definition) is 4. The second-order valence-electron chi connectivity index (χ2n) is 4.73. The van der Waals surface area contributed by atoms with Gasteiger partial charge < -0.3 is 20.1 Å². The lowest BCUT2D eigenvalue weighted by atomic mass is 10.2. The van der Waals surface area contributed by atoms with Crippen LogP contribution in [0.5, 0.6) is 11.5 Å². The maximum absolute atomic E-state index is 11.9. The molecule has 6 heteroatoms. The molecule has 1 aliphatic rings. The Labute approximate surface area is 125 Å². The number of nitrogens with zero attached hydrogens (tertiary/aromatic N) is 1. The maximum atomic E-state index is 11.9. The Morgan fingerprint density at radius 2 is 2.10 bits per heavy atom. The summed E-state index contributed by atoms with van der Waals surface area (Å²) in [7, 11) is 1.74. The molecule has 1 unspecified atom stereocenters. The first-order valence-electron chi connectivity index (χ1n) is 6.51. The van der Waals surface area contributed by atoms with Crippen molar-refractivity contribution in [1.29, 1.82) is 0 Å². The van der Waals surface area contributed by atoms with Crippen LogP contribution in [0.1, 0.15) is 13.3 Å². The van der Waals surface area contributed by atoms with Crippen LogP contribution in [-0.2, 0) is 4.79 Å². The predicted molar refractivity (Wildman–Crippen MR) is 79.5 cm³/mol. The fraction of sp³-hybridized carbons (Fsp3) is 0.500. The standard InChI is InChI=1S/C14H20N2O3.ClH/c1-3-11(15)14(17)16(2)8-10-9-18-12-6-4-5-7-13(12)19-10;/h4-7,10-11H,3,8-9,15H2,1-2H3;1H/t10?,11-;/m0./s1. The molecule has 1 heterocycles. The van der Waals surface area contributed by atoms with E-state index >= 15 is 0 Å². The number of likely N-dealkylation sites (N-methyl/N-ethyl adjacent to an activating group) is 1. The first-order chi connectivity index (χ1) is 9.11. The smallest absolute Gasteiger partial charge is 0.239 e. The SMILES string of the molecule is CC[C@H](N)C(=O)N(C)CC1COc2ccccc2O1.Cl. The number of hydrogen-bond donors (Lipinski definition) is 1. The van der Waals surface area contributed by atoms with Gasteiger partial charge in [0.15, 0.2) is 17.6 Å². The Kier molecular flexibility index (Phi) is 6.10. The first kappa shape index (κ1) is 16.6. The van der Waals surface area contributed by atoms with Gasteiger partial charge in [-0.05, 0) is 18.6 Å². The van der Waals surface area contributed by atoms with Gasteiger partial charge >= 0.3 is 0 Å². The molecule has 112 valence electrons. The van der Waals surface area contributed by atoms with E-state index in [0.717, 1.165) is 11.5 Å². The van der Waals surface area contributed by atoms with Crippen LogP contribution in [0.2, 0.25) is 0 Å². The number of ether oxygens (including phenoxy) is 2. The zero-order valence-electron chi connectivity index (χ0n) is 11.7. The molecule has 0 radical (unpaired) electrons. The minimum Gasteiger partial charge on any atom is -0.486 e. The van der Waals surface area contributed by atoms with Gasteiger partial charge in [-0.3, -0.25) is 4.79 Å². The van der Waals surface area contributed by atoms with Gasteiger partial charge in [0.05, 0.1) is 12.6 Å². The Hall–Kier alpha value is -1.46. The van der Waals surface area contributed by atoms with Crippen molar-refractivity contribution in [3.8, 4) is 11.5 Å².